The van der Waals surface area contributed by atoms with Crippen LogP contribution in [0.1, 0.15) is 30.9 Å². The second-order valence-corrected chi connectivity index (χ2v) is 5.75. The van der Waals surface area contributed by atoms with Crippen LogP contribution in [0.25, 0.3) is 22.6 Å². The van der Waals surface area contributed by atoms with Gasteiger partial charge in [-0.25, -0.2) is 4.98 Å². The number of hydrogen-bond acceptors (Lipinski definition) is 1. The van der Waals surface area contributed by atoms with Crippen molar-refractivity contribution in [1.29, 1.82) is 0 Å². The van der Waals surface area contributed by atoms with Crippen LogP contribution in [-0.2, 0) is 6.42 Å². The molecule has 22 heavy (non-hydrogen) atoms. The predicted molar refractivity (Wildman–Crippen MR) is 92.8 cm³/mol. The van der Waals surface area contributed by atoms with Gasteiger partial charge in [0.15, 0.2) is 0 Å². The molecule has 0 aliphatic rings. The molecule has 1 aromatic heterocycles. The molecular formula is C20H22N2. The molecule has 0 amide bonds. The van der Waals surface area contributed by atoms with Gasteiger partial charge in [-0.1, -0.05) is 55.8 Å². The Bertz CT molecular complexity index is 741. The molecule has 2 nitrogen and oxygen atoms in total. The van der Waals surface area contributed by atoms with Crippen LogP contribution >= 0.6 is 0 Å². The average molecular weight is 290 g/mol. The van der Waals surface area contributed by atoms with Crippen LogP contribution in [0.5, 0.6) is 0 Å². The van der Waals surface area contributed by atoms with Crippen molar-refractivity contribution in [3.05, 3.63) is 65.9 Å². The number of nitrogens with zero attached hydrogens (tertiary/aromatic N) is 1. The zero-order chi connectivity index (χ0) is 15.4. The summed E-state index contributed by atoms with van der Waals surface area (Å²) >= 11 is 0. The monoisotopic (exact) mass is 290 g/mol. The van der Waals surface area contributed by atoms with Crippen LogP contribution in [0.2, 0.25) is 0 Å². The first-order chi connectivity index (χ1) is 10.8. The maximum atomic E-state index is 4.78. The van der Waals surface area contributed by atoms with Crippen molar-refractivity contribution < 1.29 is 0 Å². The number of aromatic amines is 1. The maximum absolute atomic E-state index is 4.78. The summed E-state index contributed by atoms with van der Waals surface area (Å²) in [6.45, 7) is 4.38. The molecule has 0 saturated carbocycles. The minimum atomic E-state index is 0.925. The number of aromatic nitrogens is 2. The zero-order valence-corrected chi connectivity index (χ0v) is 13.3. The van der Waals surface area contributed by atoms with Gasteiger partial charge in [0.05, 0.1) is 5.69 Å². The smallest absolute Gasteiger partial charge is 0.138 e. The van der Waals surface area contributed by atoms with Gasteiger partial charge in [0.25, 0.3) is 0 Å². The summed E-state index contributed by atoms with van der Waals surface area (Å²) in [7, 11) is 0. The van der Waals surface area contributed by atoms with Crippen molar-refractivity contribution in [3.63, 3.8) is 0 Å². The minimum absolute atomic E-state index is 0.925. The van der Waals surface area contributed by atoms with Gasteiger partial charge < -0.3 is 4.98 Å². The molecule has 1 N–H and O–H groups in total. The van der Waals surface area contributed by atoms with Crippen molar-refractivity contribution in [3.8, 4) is 22.6 Å². The molecule has 112 valence electrons. The number of unbranched alkanes of at least 4 members (excludes halogenated alkanes) is 1. The molecule has 3 rings (SSSR count). The fourth-order valence-electron chi connectivity index (χ4n) is 2.69. The normalized spacial score (nSPS) is 10.8. The highest BCUT2D eigenvalue weighted by Gasteiger charge is 2.09. The van der Waals surface area contributed by atoms with E-state index in [0.717, 1.165) is 23.5 Å². The summed E-state index contributed by atoms with van der Waals surface area (Å²) in [4.78, 5) is 8.08. The lowest BCUT2D eigenvalue weighted by atomic mass is 10.00. The van der Waals surface area contributed by atoms with Crippen molar-refractivity contribution in [1.82, 2.24) is 9.97 Å². The lowest BCUT2D eigenvalue weighted by Gasteiger charge is -2.06. The first-order valence-electron chi connectivity index (χ1n) is 7.98. The lowest BCUT2D eigenvalue weighted by molar-refractivity contribution is 0.795. The van der Waals surface area contributed by atoms with Crippen LogP contribution < -0.4 is 0 Å². The second kappa shape index (κ2) is 6.61. The Morgan fingerprint density at radius 3 is 2.64 bits per heavy atom. The summed E-state index contributed by atoms with van der Waals surface area (Å²) in [5, 5.41) is 0. The molecule has 0 bridgehead atoms. The van der Waals surface area contributed by atoms with Gasteiger partial charge in [0.1, 0.15) is 5.82 Å². The lowest BCUT2D eigenvalue weighted by Crippen LogP contribution is -1.90. The van der Waals surface area contributed by atoms with E-state index in [2.05, 4.69) is 49.2 Å². The number of H-pyrrole nitrogens is 1. The van der Waals surface area contributed by atoms with E-state index in [4.69, 9.17) is 4.98 Å². The van der Waals surface area contributed by atoms with Gasteiger partial charge in [-0.05, 0) is 37.0 Å². The van der Waals surface area contributed by atoms with Gasteiger partial charge in [-0.15, -0.1) is 0 Å². The molecule has 0 aliphatic heterocycles. The third-order valence-corrected chi connectivity index (χ3v) is 4.02. The average Bonchev–Trinajstić information content (AvgIpc) is 3.05. The highest BCUT2D eigenvalue weighted by atomic mass is 14.9. The first kappa shape index (κ1) is 14.6. The Labute approximate surface area is 132 Å². The Morgan fingerprint density at radius 1 is 1.05 bits per heavy atom. The summed E-state index contributed by atoms with van der Waals surface area (Å²) in [6.07, 6.45) is 5.61. The van der Waals surface area contributed by atoms with E-state index < -0.39 is 0 Å². The van der Waals surface area contributed by atoms with Crippen molar-refractivity contribution >= 4 is 0 Å². The number of rotatable bonds is 5. The highest BCUT2D eigenvalue weighted by molar-refractivity contribution is 5.67. The summed E-state index contributed by atoms with van der Waals surface area (Å²) < 4.78 is 0. The molecule has 0 radical (unpaired) electrons. The van der Waals surface area contributed by atoms with Crippen LogP contribution in [0.3, 0.4) is 0 Å². The first-order valence-corrected chi connectivity index (χ1v) is 7.98. The van der Waals surface area contributed by atoms with Gasteiger partial charge in [0, 0.05) is 17.3 Å². The molecule has 1 heterocycles. The molecular weight excluding hydrogens is 268 g/mol. The van der Waals surface area contributed by atoms with Gasteiger partial charge >= 0.3 is 0 Å². The summed E-state index contributed by atoms with van der Waals surface area (Å²) in [5.74, 6) is 0.925. The molecule has 3 aromatic rings. The SMILES string of the molecule is CCCCc1ccc(C)c(-c2c[nH]c(-c3ccccc3)n2)c1. The molecule has 0 saturated heterocycles. The molecule has 0 fully saturated rings. The topological polar surface area (TPSA) is 28.7 Å². The van der Waals surface area contributed by atoms with Gasteiger partial charge in [-0.3, -0.25) is 0 Å². The molecule has 0 atom stereocenters. The Hall–Kier alpha value is -2.35. The fraction of sp³-hybridized carbons (Fsp3) is 0.250. The zero-order valence-electron chi connectivity index (χ0n) is 13.3. The predicted octanol–water partition coefficient (Wildman–Crippen LogP) is 5.39. The van der Waals surface area contributed by atoms with E-state index in [0.29, 0.717) is 0 Å². The number of benzene rings is 2. The molecule has 2 heteroatoms. The van der Waals surface area contributed by atoms with Crippen molar-refractivity contribution in [2.45, 2.75) is 33.1 Å². The second-order valence-electron chi connectivity index (χ2n) is 5.75. The van der Waals surface area contributed by atoms with E-state index in [9.17, 15) is 0 Å². The standard InChI is InChI=1S/C20H22N2/c1-3-4-8-16-12-11-15(2)18(13-16)19-14-21-20(22-19)17-9-6-5-7-10-17/h5-7,9-14H,3-4,8H2,1-2H3,(H,21,22). The molecule has 0 unspecified atom stereocenters. The van der Waals surface area contributed by atoms with Crippen LogP contribution in [0.15, 0.2) is 54.7 Å². The number of hydrogen-bond donors (Lipinski definition) is 1. The van der Waals surface area contributed by atoms with Crippen molar-refractivity contribution in [2.24, 2.45) is 0 Å². The molecule has 0 spiro atoms. The maximum Gasteiger partial charge on any atom is 0.138 e. The van der Waals surface area contributed by atoms with Gasteiger partial charge in [-0.2, -0.15) is 0 Å². The summed E-state index contributed by atoms with van der Waals surface area (Å²) in [6, 6.07) is 17.0. The quantitative estimate of drug-likeness (QED) is 0.670. The highest BCUT2D eigenvalue weighted by Crippen LogP contribution is 2.26. The minimum Gasteiger partial charge on any atom is -0.344 e. The Morgan fingerprint density at radius 2 is 1.86 bits per heavy atom. The number of nitrogens with one attached hydrogen (secondary N) is 1. The van der Waals surface area contributed by atoms with E-state index in [1.54, 1.807) is 0 Å². The number of imidazole rings is 1. The fourth-order valence-corrected chi connectivity index (χ4v) is 2.69. The molecule has 2 aromatic carbocycles. The third-order valence-electron chi connectivity index (χ3n) is 4.02. The Balaban J connectivity index is 1.93. The third kappa shape index (κ3) is 3.11. The largest absolute Gasteiger partial charge is 0.344 e. The van der Waals surface area contributed by atoms with E-state index in [-0.39, 0.29) is 0 Å². The van der Waals surface area contributed by atoms with Crippen LogP contribution in [0.4, 0.5) is 0 Å². The van der Waals surface area contributed by atoms with Crippen molar-refractivity contribution in [2.75, 3.05) is 0 Å². The summed E-state index contributed by atoms with van der Waals surface area (Å²) in [5.41, 5.74) is 6.04. The van der Waals surface area contributed by atoms with E-state index >= 15 is 0 Å². The Kier molecular flexibility index (Phi) is 4.38. The number of aryl methyl sites for hydroxylation is 2. The van der Waals surface area contributed by atoms with E-state index in [1.165, 1.54) is 29.5 Å². The van der Waals surface area contributed by atoms with Crippen LogP contribution in [0, 0.1) is 6.92 Å². The van der Waals surface area contributed by atoms with E-state index in [1.807, 2.05) is 24.4 Å². The molecule has 0 aliphatic carbocycles. The van der Waals surface area contributed by atoms with Gasteiger partial charge in [0.2, 0.25) is 0 Å². The van der Waals surface area contributed by atoms with Crippen LogP contribution in [-0.4, -0.2) is 9.97 Å².